The van der Waals surface area contributed by atoms with Gasteiger partial charge < -0.3 is 15.0 Å². The van der Waals surface area contributed by atoms with Gasteiger partial charge in [0.05, 0.1) is 23.0 Å². The topological polar surface area (TPSA) is 119 Å². The summed E-state index contributed by atoms with van der Waals surface area (Å²) in [6.45, 7) is 3.82. The smallest absolute Gasteiger partial charge is 0.270 e. The summed E-state index contributed by atoms with van der Waals surface area (Å²) in [7, 11) is 0. The molecule has 0 unspecified atom stereocenters. The fourth-order valence-electron chi connectivity index (χ4n) is 7.26. The molecule has 9 nitrogen and oxygen atoms in total. The first-order valence-corrected chi connectivity index (χ1v) is 14.8. The quantitative estimate of drug-likeness (QED) is 0.149. The van der Waals surface area contributed by atoms with Gasteiger partial charge in [-0.1, -0.05) is 54.6 Å². The van der Waals surface area contributed by atoms with Gasteiger partial charge in [-0.05, 0) is 66.9 Å². The van der Waals surface area contributed by atoms with Crippen LogP contribution in [0.3, 0.4) is 0 Å². The van der Waals surface area contributed by atoms with E-state index in [2.05, 4.69) is 5.32 Å². The highest BCUT2D eigenvalue weighted by Crippen LogP contribution is 2.62. The van der Waals surface area contributed by atoms with Crippen LogP contribution in [-0.4, -0.2) is 39.4 Å². The molecule has 7 rings (SSSR count). The van der Waals surface area contributed by atoms with Gasteiger partial charge in [-0.2, -0.15) is 0 Å². The lowest BCUT2D eigenvalue weighted by atomic mass is 9.62. The molecule has 0 bridgehead atoms. The number of ether oxygens (including phenoxy) is 1. The van der Waals surface area contributed by atoms with Crippen molar-refractivity contribution in [2.24, 2.45) is 5.92 Å². The number of amides is 1. The molecule has 0 aliphatic carbocycles. The first-order chi connectivity index (χ1) is 21.7. The second-order valence-corrected chi connectivity index (χ2v) is 11.8. The van der Waals surface area contributed by atoms with Crippen molar-refractivity contribution in [2.75, 3.05) is 5.32 Å². The molecule has 1 amide bonds. The SMILES string of the molecule is CC(C)Oc1ccc(C(=O)[C@@H]2[C@H](C(=O)c3cccc([N+](=O)[O-])c3)[C@]3(C(=O)Nc4ccccc43)[C@H]3c4ccccc4C=CN23)cc1. The molecule has 3 heterocycles. The molecule has 224 valence electrons. The lowest BCUT2D eigenvalue weighted by Gasteiger charge is -2.38. The van der Waals surface area contributed by atoms with Crippen molar-refractivity contribution in [1.29, 1.82) is 0 Å². The number of nitro benzene ring substituents is 1. The number of para-hydroxylation sites is 1. The van der Waals surface area contributed by atoms with Crippen molar-refractivity contribution in [1.82, 2.24) is 4.90 Å². The minimum atomic E-state index is -1.53. The van der Waals surface area contributed by atoms with Crippen LogP contribution in [0.1, 0.15) is 57.3 Å². The maximum Gasteiger partial charge on any atom is 0.270 e. The maximum atomic E-state index is 14.9. The average molecular weight is 600 g/mol. The second-order valence-electron chi connectivity index (χ2n) is 11.8. The van der Waals surface area contributed by atoms with E-state index in [0.29, 0.717) is 22.6 Å². The molecule has 0 aromatic heterocycles. The summed E-state index contributed by atoms with van der Waals surface area (Å²) >= 11 is 0. The van der Waals surface area contributed by atoms with E-state index in [9.17, 15) is 24.5 Å². The molecule has 0 saturated carbocycles. The average Bonchev–Trinajstić information content (AvgIpc) is 3.52. The van der Waals surface area contributed by atoms with Crippen LogP contribution >= 0.6 is 0 Å². The number of hydrogen-bond acceptors (Lipinski definition) is 7. The Kier molecular flexibility index (Phi) is 6.62. The highest BCUT2D eigenvalue weighted by Gasteiger charge is 2.70. The van der Waals surface area contributed by atoms with Crippen LogP contribution in [0, 0.1) is 16.0 Å². The van der Waals surface area contributed by atoms with Crippen molar-refractivity contribution in [3.05, 3.63) is 141 Å². The number of rotatable bonds is 7. The van der Waals surface area contributed by atoms with Gasteiger partial charge in [0.25, 0.3) is 5.69 Å². The number of nitro groups is 1. The number of anilines is 1. The zero-order chi connectivity index (χ0) is 31.5. The Labute approximate surface area is 259 Å². The fourth-order valence-corrected chi connectivity index (χ4v) is 7.26. The zero-order valence-electron chi connectivity index (χ0n) is 24.5. The van der Waals surface area contributed by atoms with Crippen LogP contribution in [-0.2, 0) is 10.2 Å². The number of hydrogen-bond donors (Lipinski definition) is 1. The number of nitrogens with one attached hydrogen (secondary N) is 1. The van der Waals surface area contributed by atoms with Gasteiger partial charge in [-0.15, -0.1) is 0 Å². The number of non-ortho nitro benzene ring substituents is 1. The van der Waals surface area contributed by atoms with Crippen LogP contribution in [0.25, 0.3) is 6.08 Å². The number of carbonyl (C=O) groups excluding carboxylic acids is 3. The van der Waals surface area contributed by atoms with E-state index in [1.165, 1.54) is 24.3 Å². The Morgan fingerprint density at radius 2 is 1.64 bits per heavy atom. The maximum absolute atomic E-state index is 14.9. The van der Waals surface area contributed by atoms with E-state index in [4.69, 9.17) is 4.74 Å². The number of nitrogens with zero attached hydrogens (tertiary/aromatic N) is 2. The lowest BCUT2D eigenvalue weighted by Crippen LogP contribution is -2.49. The molecule has 1 fully saturated rings. The first-order valence-electron chi connectivity index (χ1n) is 14.8. The monoisotopic (exact) mass is 599 g/mol. The molecule has 3 aliphatic heterocycles. The van der Waals surface area contributed by atoms with E-state index in [-0.39, 0.29) is 23.1 Å². The third-order valence-corrected chi connectivity index (χ3v) is 8.97. The van der Waals surface area contributed by atoms with Crippen molar-refractivity contribution in [3.63, 3.8) is 0 Å². The number of benzene rings is 4. The van der Waals surface area contributed by atoms with E-state index in [0.717, 1.165) is 11.1 Å². The Morgan fingerprint density at radius 3 is 2.40 bits per heavy atom. The predicted octanol–water partition coefficient (Wildman–Crippen LogP) is 6.36. The van der Waals surface area contributed by atoms with Gasteiger partial charge in [-0.3, -0.25) is 24.5 Å². The van der Waals surface area contributed by atoms with E-state index >= 15 is 0 Å². The van der Waals surface area contributed by atoms with E-state index < -0.39 is 40.0 Å². The number of ketones is 2. The summed E-state index contributed by atoms with van der Waals surface area (Å²) in [5, 5.41) is 14.7. The summed E-state index contributed by atoms with van der Waals surface area (Å²) in [4.78, 5) is 57.1. The molecule has 1 spiro atoms. The first kappa shape index (κ1) is 28.2. The largest absolute Gasteiger partial charge is 0.491 e. The molecule has 9 heteroatoms. The van der Waals surface area contributed by atoms with Crippen molar-refractivity contribution in [3.8, 4) is 5.75 Å². The van der Waals surface area contributed by atoms with Gasteiger partial charge in [-0.25, -0.2) is 0 Å². The summed E-state index contributed by atoms with van der Waals surface area (Å²) in [6, 6.07) is 25.3. The summed E-state index contributed by atoms with van der Waals surface area (Å²) in [6.07, 6.45) is 3.62. The third kappa shape index (κ3) is 4.26. The van der Waals surface area contributed by atoms with Gasteiger partial charge in [0.15, 0.2) is 11.6 Å². The van der Waals surface area contributed by atoms with Crippen LogP contribution in [0.15, 0.2) is 103 Å². The Morgan fingerprint density at radius 1 is 0.911 bits per heavy atom. The zero-order valence-corrected chi connectivity index (χ0v) is 24.5. The molecule has 1 N–H and O–H groups in total. The highest BCUT2D eigenvalue weighted by molar-refractivity contribution is 6.16. The Hall–Kier alpha value is -5.57. The fraction of sp³-hybridized carbons (Fsp3) is 0.194. The minimum absolute atomic E-state index is 0.0568. The van der Waals surface area contributed by atoms with Crippen molar-refractivity contribution >= 4 is 34.9 Å². The molecule has 4 aromatic carbocycles. The highest BCUT2D eigenvalue weighted by atomic mass is 16.6. The number of Topliss-reactive ketones (excluding diaryl/α,β-unsaturated/α-hetero) is 2. The molecular weight excluding hydrogens is 570 g/mol. The molecule has 3 aliphatic rings. The molecule has 4 atom stereocenters. The summed E-state index contributed by atoms with van der Waals surface area (Å²) in [5.41, 5.74) is 1.48. The van der Waals surface area contributed by atoms with Crippen molar-refractivity contribution < 1.29 is 24.0 Å². The molecular formula is C36H29N3O6. The molecule has 4 aromatic rings. The minimum Gasteiger partial charge on any atom is -0.491 e. The van der Waals surface area contributed by atoms with Gasteiger partial charge in [0, 0.05) is 35.1 Å². The lowest BCUT2D eigenvalue weighted by molar-refractivity contribution is -0.384. The van der Waals surface area contributed by atoms with E-state index in [1.807, 2.05) is 61.2 Å². The molecule has 45 heavy (non-hydrogen) atoms. The van der Waals surface area contributed by atoms with Crippen LogP contribution < -0.4 is 10.1 Å². The third-order valence-electron chi connectivity index (χ3n) is 8.97. The normalized spacial score (nSPS) is 22.5. The van der Waals surface area contributed by atoms with Crippen LogP contribution in [0.5, 0.6) is 5.75 Å². The molecule has 1 saturated heterocycles. The molecule has 0 radical (unpaired) electrons. The number of carbonyl (C=O) groups is 3. The standard InChI is InChI=1S/C36H29N3O6/c1-21(2)45-26-16-14-23(15-17-26)33(41)31-30(32(40)24-9-7-10-25(20-24)39(43)44)36(28-12-5-6-13-29(28)37-35(36)42)34-27-11-4-3-8-22(27)18-19-38(31)34/h3-21,30-31,34H,1-2H3,(H,37,42)/t30-,31+,34-,36+/m1/s1. The summed E-state index contributed by atoms with van der Waals surface area (Å²) in [5.74, 6) is -1.91. The van der Waals surface area contributed by atoms with Gasteiger partial charge in [0.1, 0.15) is 17.2 Å². The van der Waals surface area contributed by atoms with Crippen LogP contribution in [0.4, 0.5) is 11.4 Å². The van der Waals surface area contributed by atoms with Gasteiger partial charge in [0.2, 0.25) is 5.91 Å². The Bertz CT molecular complexity index is 1920. The Balaban J connectivity index is 1.48. The van der Waals surface area contributed by atoms with E-state index in [1.54, 1.807) is 42.6 Å². The van der Waals surface area contributed by atoms with Crippen LogP contribution in [0.2, 0.25) is 0 Å². The number of fused-ring (bicyclic) bond motifs is 6. The van der Waals surface area contributed by atoms with Crippen molar-refractivity contribution in [2.45, 2.75) is 37.5 Å². The predicted molar refractivity (Wildman–Crippen MR) is 168 cm³/mol. The summed E-state index contributed by atoms with van der Waals surface area (Å²) < 4.78 is 5.78. The second kappa shape index (κ2) is 10.6. The van der Waals surface area contributed by atoms with Gasteiger partial charge >= 0.3 is 0 Å².